The van der Waals surface area contributed by atoms with Crippen LogP contribution in [0.2, 0.25) is 0 Å². The standard InChI is InChI=1S/C8H6F2N2S/c9-7(10)5-1-3-11-8-6(5)2-4-12(8)13/h1-4,7,13H. The molecule has 0 atom stereocenters. The average molecular weight is 200 g/mol. The molecule has 0 spiro atoms. The van der Waals surface area contributed by atoms with Crippen molar-refractivity contribution < 1.29 is 8.78 Å². The van der Waals surface area contributed by atoms with E-state index < -0.39 is 6.43 Å². The number of aromatic nitrogens is 2. The van der Waals surface area contributed by atoms with Crippen LogP contribution in [0.1, 0.15) is 12.0 Å². The van der Waals surface area contributed by atoms with Crippen LogP contribution in [0.15, 0.2) is 24.5 Å². The second-order valence-corrected chi connectivity index (χ2v) is 3.03. The fourth-order valence-corrected chi connectivity index (χ4v) is 1.46. The molecule has 0 aromatic carbocycles. The van der Waals surface area contributed by atoms with Gasteiger partial charge in [0.2, 0.25) is 0 Å². The summed E-state index contributed by atoms with van der Waals surface area (Å²) in [7, 11) is 0. The molecule has 0 saturated heterocycles. The van der Waals surface area contributed by atoms with Gasteiger partial charge >= 0.3 is 0 Å². The fourth-order valence-electron chi connectivity index (χ4n) is 1.24. The Morgan fingerprint density at radius 2 is 2.15 bits per heavy atom. The molecule has 2 heterocycles. The van der Waals surface area contributed by atoms with Gasteiger partial charge < -0.3 is 0 Å². The molecule has 2 aromatic rings. The molecule has 0 fully saturated rings. The third kappa shape index (κ3) is 1.29. The van der Waals surface area contributed by atoms with Crippen LogP contribution in [0.5, 0.6) is 0 Å². The molecule has 2 rings (SSSR count). The molecule has 0 aliphatic heterocycles. The Hall–Kier alpha value is -1.10. The quantitative estimate of drug-likeness (QED) is 0.700. The van der Waals surface area contributed by atoms with Gasteiger partial charge in [0, 0.05) is 23.3 Å². The molecule has 0 N–H and O–H groups in total. The van der Waals surface area contributed by atoms with Gasteiger partial charge in [-0.2, -0.15) is 0 Å². The zero-order chi connectivity index (χ0) is 9.42. The van der Waals surface area contributed by atoms with E-state index in [1.165, 1.54) is 16.2 Å². The van der Waals surface area contributed by atoms with E-state index in [1.807, 2.05) is 0 Å². The lowest BCUT2D eigenvalue weighted by Crippen LogP contribution is -1.88. The third-order valence-corrected chi connectivity index (χ3v) is 2.16. The average Bonchev–Trinajstić information content (AvgIpc) is 2.48. The minimum atomic E-state index is -2.47. The number of halogens is 2. The highest BCUT2D eigenvalue weighted by Crippen LogP contribution is 2.27. The van der Waals surface area contributed by atoms with Gasteiger partial charge in [-0.15, -0.1) is 0 Å². The number of hydrogen-bond donors (Lipinski definition) is 1. The van der Waals surface area contributed by atoms with Crippen molar-refractivity contribution in [3.05, 3.63) is 30.1 Å². The highest BCUT2D eigenvalue weighted by atomic mass is 32.1. The summed E-state index contributed by atoms with van der Waals surface area (Å²) in [6.45, 7) is 0. The molecular formula is C8H6F2N2S. The van der Waals surface area contributed by atoms with Crippen LogP contribution in [0.4, 0.5) is 8.78 Å². The minimum absolute atomic E-state index is 0.00204. The predicted molar refractivity (Wildman–Crippen MR) is 49.1 cm³/mol. The summed E-state index contributed by atoms with van der Waals surface area (Å²) in [5.74, 6) is 0. The normalized spacial score (nSPS) is 11.4. The maximum absolute atomic E-state index is 12.4. The molecule has 0 bridgehead atoms. The topological polar surface area (TPSA) is 17.8 Å². The molecule has 0 amide bonds. The summed E-state index contributed by atoms with van der Waals surface area (Å²) in [5.41, 5.74) is 0.457. The van der Waals surface area contributed by atoms with Gasteiger partial charge in [-0.1, -0.05) is 12.8 Å². The molecule has 2 aromatic heterocycles. The molecule has 68 valence electrons. The molecule has 0 radical (unpaired) electrons. The Labute approximate surface area is 78.7 Å². The summed E-state index contributed by atoms with van der Waals surface area (Å²) in [4.78, 5) is 3.94. The molecule has 2 nitrogen and oxygen atoms in total. The number of alkyl halides is 2. The van der Waals surface area contributed by atoms with Crippen LogP contribution in [-0.4, -0.2) is 8.96 Å². The van der Waals surface area contributed by atoms with Crippen molar-refractivity contribution in [1.82, 2.24) is 8.96 Å². The number of fused-ring (bicyclic) bond motifs is 1. The lowest BCUT2D eigenvalue weighted by Gasteiger charge is -2.00. The first-order valence-electron chi connectivity index (χ1n) is 3.63. The molecule has 13 heavy (non-hydrogen) atoms. The van der Waals surface area contributed by atoms with Gasteiger partial charge in [-0.3, -0.25) is 3.97 Å². The lowest BCUT2D eigenvalue weighted by molar-refractivity contribution is 0.153. The first-order valence-corrected chi connectivity index (χ1v) is 4.03. The number of nitrogens with zero attached hydrogens (tertiary/aromatic N) is 2. The Balaban J connectivity index is 2.77. The Bertz CT molecular complexity index is 439. The maximum Gasteiger partial charge on any atom is 0.264 e. The summed E-state index contributed by atoms with van der Waals surface area (Å²) < 4.78 is 26.3. The number of pyridine rings is 1. The van der Waals surface area contributed by atoms with E-state index in [4.69, 9.17) is 0 Å². The molecule has 0 aliphatic carbocycles. The first kappa shape index (κ1) is 8.50. The van der Waals surface area contributed by atoms with Crippen LogP contribution in [0.25, 0.3) is 11.0 Å². The largest absolute Gasteiger partial charge is 0.278 e. The molecule has 5 heteroatoms. The summed E-state index contributed by atoms with van der Waals surface area (Å²) in [5, 5.41) is 0.451. The van der Waals surface area contributed by atoms with Crippen LogP contribution in [-0.2, 0) is 0 Å². The minimum Gasteiger partial charge on any atom is -0.278 e. The van der Waals surface area contributed by atoms with Crippen LogP contribution in [0.3, 0.4) is 0 Å². The zero-order valence-corrected chi connectivity index (χ0v) is 7.38. The summed E-state index contributed by atoms with van der Waals surface area (Å²) in [6.07, 6.45) is 0.477. The van der Waals surface area contributed by atoms with Crippen molar-refractivity contribution in [3.63, 3.8) is 0 Å². The summed E-state index contributed by atoms with van der Waals surface area (Å²) >= 11 is 4.03. The smallest absolute Gasteiger partial charge is 0.264 e. The third-order valence-electron chi connectivity index (χ3n) is 1.84. The van der Waals surface area contributed by atoms with Crippen molar-refractivity contribution in [2.75, 3.05) is 0 Å². The van der Waals surface area contributed by atoms with Gasteiger partial charge in [0.05, 0.1) is 0 Å². The van der Waals surface area contributed by atoms with Crippen LogP contribution >= 0.6 is 12.8 Å². The van der Waals surface area contributed by atoms with Gasteiger partial charge in [0.15, 0.2) is 0 Å². The van der Waals surface area contributed by atoms with E-state index in [1.54, 1.807) is 12.3 Å². The monoisotopic (exact) mass is 200 g/mol. The van der Waals surface area contributed by atoms with E-state index in [-0.39, 0.29) is 5.56 Å². The van der Waals surface area contributed by atoms with E-state index in [9.17, 15) is 8.78 Å². The maximum atomic E-state index is 12.4. The molecule has 0 unspecified atom stereocenters. The SMILES string of the molecule is FC(F)c1ccnc2c1ccn2S. The molecular weight excluding hydrogens is 194 g/mol. The second kappa shape index (κ2) is 2.99. The highest BCUT2D eigenvalue weighted by Gasteiger charge is 2.12. The Morgan fingerprint density at radius 1 is 1.38 bits per heavy atom. The molecule has 0 saturated carbocycles. The van der Waals surface area contributed by atoms with Gasteiger partial charge in [0.25, 0.3) is 6.43 Å². The van der Waals surface area contributed by atoms with Crippen molar-refractivity contribution in [2.45, 2.75) is 6.43 Å². The second-order valence-electron chi connectivity index (χ2n) is 2.60. The molecule has 0 aliphatic rings. The van der Waals surface area contributed by atoms with Crippen LogP contribution < -0.4 is 0 Å². The zero-order valence-electron chi connectivity index (χ0n) is 6.48. The summed E-state index contributed by atoms with van der Waals surface area (Å²) in [6, 6.07) is 2.90. The van der Waals surface area contributed by atoms with E-state index in [2.05, 4.69) is 17.8 Å². The predicted octanol–water partition coefficient (Wildman–Crippen LogP) is 2.67. The highest BCUT2D eigenvalue weighted by molar-refractivity contribution is 7.78. The van der Waals surface area contributed by atoms with Crippen molar-refractivity contribution >= 4 is 23.8 Å². The van der Waals surface area contributed by atoms with Crippen molar-refractivity contribution in [3.8, 4) is 0 Å². The Morgan fingerprint density at radius 3 is 2.85 bits per heavy atom. The van der Waals surface area contributed by atoms with Gasteiger partial charge in [0.1, 0.15) is 5.65 Å². The van der Waals surface area contributed by atoms with Gasteiger partial charge in [-0.05, 0) is 12.1 Å². The fraction of sp³-hybridized carbons (Fsp3) is 0.125. The number of thiol groups is 1. The first-order chi connectivity index (χ1) is 6.20. The van der Waals surface area contributed by atoms with Crippen molar-refractivity contribution in [1.29, 1.82) is 0 Å². The van der Waals surface area contributed by atoms with Gasteiger partial charge in [-0.25, -0.2) is 13.8 Å². The van der Waals surface area contributed by atoms with E-state index in [0.717, 1.165) is 0 Å². The number of hydrogen-bond acceptors (Lipinski definition) is 2. The van der Waals surface area contributed by atoms with E-state index >= 15 is 0 Å². The van der Waals surface area contributed by atoms with E-state index in [0.29, 0.717) is 11.0 Å². The van der Waals surface area contributed by atoms with Crippen LogP contribution in [0, 0.1) is 0 Å². The Kier molecular flexibility index (Phi) is 1.95. The lowest BCUT2D eigenvalue weighted by atomic mass is 10.2. The van der Waals surface area contributed by atoms with Crippen molar-refractivity contribution in [2.24, 2.45) is 0 Å². The number of rotatable bonds is 1.